The Bertz CT molecular complexity index is 1830. The van der Waals surface area contributed by atoms with Crippen LogP contribution in [0.2, 0.25) is 0 Å². The molecule has 0 saturated heterocycles. The standard InChI is InChI=1S/C31H24NO3PS.2H2/c33-36(25-12-2-1-3-13-25)28-16-8-9-17-30(28)37(34,35)31-19-18-24(21-29(31)36)32-26-14-6-4-10-22(26)20-23-11-5-7-15-27(23)32;;/h1-19,21,29,31H,20H2;2*1H/i20D2;2*1+1D. The Hall–Kier alpha value is -3.66. The van der Waals surface area contributed by atoms with Crippen LogP contribution in [-0.2, 0) is 20.8 Å². The summed E-state index contributed by atoms with van der Waals surface area (Å²) in [7, 11) is -7.26. The molecule has 37 heavy (non-hydrogen) atoms. The van der Waals surface area contributed by atoms with Crippen molar-refractivity contribution in [3.05, 3.63) is 138 Å². The topological polar surface area (TPSA) is 54.5 Å². The van der Waals surface area contributed by atoms with Gasteiger partial charge < -0.3 is 9.46 Å². The zero-order valence-electron chi connectivity index (χ0n) is 25.7. The SMILES string of the molecule is [2H]C1([2H])c2ccccc2N(C2=CC3C(C=C2)S(=O)(=O)c2ccccc2P3(=O)c2ccccc2)c2ccccc21.[2H][2H].[2H][2H]. The van der Waals surface area contributed by atoms with Crippen LogP contribution in [0.25, 0.3) is 0 Å². The van der Waals surface area contributed by atoms with Crippen molar-refractivity contribution < 1.29 is 21.7 Å². The molecule has 0 spiro atoms. The quantitative estimate of drug-likeness (QED) is 0.289. The van der Waals surface area contributed by atoms with Gasteiger partial charge in [0, 0.05) is 42.7 Å². The molecule has 4 aromatic carbocycles. The highest BCUT2D eigenvalue weighted by molar-refractivity contribution is 7.96. The zero-order chi connectivity index (χ0) is 31.0. The number of nitrogens with zero attached hydrogens (tertiary/aromatic N) is 1. The summed E-state index contributed by atoms with van der Waals surface area (Å²) in [5, 5.41) is -0.00735. The molecule has 4 aromatic rings. The largest absolute Gasteiger partial charge is 0.313 e. The van der Waals surface area contributed by atoms with E-state index in [1.807, 2.05) is 77.7 Å². The molecule has 7 rings (SSSR count). The number of anilines is 2. The maximum Gasteiger partial charge on any atom is 0.186 e. The first kappa shape index (κ1) is 18.6. The molecule has 186 valence electrons. The van der Waals surface area contributed by atoms with Gasteiger partial charge in [0.1, 0.15) is 0 Å². The summed E-state index contributed by atoms with van der Waals surface area (Å²) < 4.78 is 80.9. The minimum Gasteiger partial charge on any atom is -0.313 e. The lowest BCUT2D eigenvalue weighted by Crippen LogP contribution is -2.46. The van der Waals surface area contributed by atoms with Gasteiger partial charge >= 0.3 is 0 Å². The first-order chi connectivity index (χ1) is 20.8. The van der Waals surface area contributed by atoms with Crippen molar-refractivity contribution in [2.24, 2.45) is 0 Å². The fraction of sp³-hybridized carbons (Fsp3) is 0.0968. The normalized spacial score (nSPS) is 27.4. The molecular formula is C31H28NO3PS. The Labute approximate surface area is 225 Å². The Morgan fingerprint density at radius 3 is 2.14 bits per heavy atom. The van der Waals surface area contributed by atoms with Crippen LogP contribution < -0.4 is 15.5 Å². The molecule has 2 heterocycles. The van der Waals surface area contributed by atoms with E-state index in [0.717, 1.165) is 0 Å². The smallest absolute Gasteiger partial charge is 0.186 e. The highest BCUT2D eigenvalue weighted by atomic mass is 32.2. The maximum atomic E-state index is 15.3. The van der Waals surface area contributed by atoms with Gasteiger partial charge in [0.25, 0.3) is 0 Å². The average Bonchev–Trinajstić information content (AvgIpc) is 3.06. The van der Waals surface area contributed by atoms with Crippen molar-refractivity contribution in [3.63, 3.8) is 0 Å². The summed E-state index contributed by atoms with van der Waals surface area (Å²) in [5.41, 5.74) is 2.23. The summed E-state index contributed by atoms with van der Waals surface area (Å²) in [6, 6.07) is 30.5. The van der Waals surface area contributed by atoms with E-state index in [4.69, 9.17) is 8.68 Å². The van der Waals surface area contributed by atoms with Crippen molar-refractivity contribution in [1.29, 1.82) is 0 Å². The van der Waals surface area contributed by atoms with Crippen molar-refractivity contribution in [1.82, 2.24) is 0 Å². The van der Waals surface area contributed by atoms with Crippen molar-refractivity contribution >= 4 is 39.0 Å². The number of allylic oxidation sites excluding steroid dienone is 2. The predicted octanol–water partition coefficient (Wildman–Crippen LogP) is 6.21. The van der Waals surface area contributed by atoms with E-state index in [0.29, 0.717) is 38.8 Å². The molecule has 0 bridgehead atoms. The van der Waals surface area contributed by atoms with Crippen LogP contribution in [0.4, 0.5) is 11.4 Å². The summed E-state index contributed by atoms with van der Waals surface area (Å²) in [6.45, 7) is 0. The molecule has 0 N–H and O–H groups in total. The van der Waals surface area contributed by atoms with Crippen LogP contribution in [0.15, 0.2) is 132 Å². The van der Waals surface area contributed by atoms with Gasteiger partial charge in [-0.05, 0) is 47.5 Å². The molecule has 3 unspecified atom stereocenters. The third-order valence-corrected chi connectivity index (χ3v) is 13.4. The van der Waals surface area contributed by atoms with Crippen LogP contribution in [0, 0.1) is 0 Å². The zero-order valence-corrected chi connectivity index (χ0v) is 21.4. The van der Waals surface area contributed by atoms with E-state index < -0.39 is 34.3 Å². The highest BCUT2D eigenvalue weighted by Gasteiger charge is 2.53. The number of rotatable bonds is 2. The molecule has 0 radical (unpaired) electrons. The fourth-order valence-electron chi connectivity index (χ4n) is 5.72. The molecule has 0 fully saturated rings. The lowest BCUT2D eigenvalue weighted by atomic mass is 9.94. The van der Waals surface area contributed by atoms with Crippen molar-refractivity contribution in [3.8, 4) is 0 Å². The average molecular weight is 532 g/mol. The number of para-hydroxylation sites is 2. The van der Waals surface area contributed by atoms with Gasteiger partial charge in [-0.3, -0.25) is 0 Å². The van der Waals surface area contributed by atoms with E-state index in [1.54, 1.807) is 48.6 Å². The van der Waals surface area contributed by atoms with E-state index in [-0.39, 0.29) is 4.90 Å². The number of sulfone groups is 1. The van der Waals surface area contributed by atoms with Crippen LogP contribution in [0.1, 0.15) is 19.8 Å². The molecule has 4 nitrogen and oxygen atoms in total. The summed E-state index contributed by atoms with van der Waals surface area (Å²) >= 11 is 0. The molecule has 1 aliphatic carbocycles. The predicted molar refractivity (Wildman–Crippen MR) is 154 cm³/mol. The molecule has 3 aliphatic rings. The van der Waals surface area contributed by atoms with Gasteiger partial charge in [-0.25, -0.2) is 8.42 Å². The Morgan fingerprint density at radius 2 is 1.43 bits per heavy atom. The van der Waals surface area contributed by atoms with Crippen LogP contribution in [0.3, 0.4) is 0 Å². The van der Waals surface area contributed by atoms with Crippen molar-refractivity contribution in [2.45, 2.75) is 22.2 Å². The van der Waals surface area contributed by atoms with Gasteiger partial charge in [0.05, 0.1) is 15.8 Å². The van der Waals surface area contributed by atoms with E-state index in [1.165, 1.54) is 0 Å². The second-order valence-corrected chi connectivity index (χ2v) is 14.4. The van der Waals surface area contributed by atoms with Crippen LogP contribution in [0.5, 0.6) is 0 Å². The Morgan fingerprint density at radius 1 is 0.838 bits per heavy atom. The summed E-state index contributed by atoms with van der Waals surface area (Å²) in [5.74, 6) is 0. The lowest BCUT2D eigenvalue weighted by molar-refractivity contribution is 0.567. The van der Waals surface area contributed by atoms with E-state index in [2.05, 4.69) is 0 Å². The number of fused-ring (bicyclic) bond motifs is 4. The Balaban J connectivity index is 0.000000885. The minimum atomic E-state index is -3.80. The van der Waals surface area contributed by atoms with E-state index in [9.17, 15) is 8.42 Å². The Kier molecular flexibility index (Phi) is 4.10. The van der Waals surface area contributed by atoms with Gasteiger partial charge in [-0.15, -0.1) is 0 Å². The number of benzene rings is 4. The van der Waals surface area contributed by atoms with E-state index >= 15 is 4.57 Å². The number of hydrogen-bond donors (Lipinski definition) is 0. The molecule has 0 amide bonds. The summed E-state index contributed by atoms with van der Waals surface area (Å²) in [4.78, 5) is 2.09. The molecule has 3 atom stereocenters. The number of hydrogen-bond acceptors (Lipinski definition) is 4. The fourth-order valence-corrected chi connectivity index (χ4v) is 12.3. The molecule has 2 aliphatic heterocycles. The second-order valence-electron chi connectivity index (χ2n) is 9.41. The first-order valence-electron chi connectivity index (χ1n) is 15.1. The maximum absolute atomic E-state index is 15.3. The van der Waals surface area contributed by atoms with Gasteiger partial charge in [-0.2, -0.15) is 0 Å². The molecule has 0 saturated carbocycles. The molecular weight excluding hydrogens is 497 g/mol. The van der Waals surface area contributed by atoms with Crippen LogP contribution in [-0.4, -0.2) is 19.3 Å². The molecule has 0 aromatic heterocycles. The minimum absolute atomic E-state index is 0.127. The monoisotopic (exact) mass is 531 g/mol. The van der Waals surface area contributed by atoms with Gasteiger partial charge in [0.2, 0.25) is 0 Å². The third kappa shape index (κ3) is 3.21. The first-order valence-corrected chi connectivity index (χ1v) is 15.5. The molecule has 6 heteroatoms. The van der Waals surface area contributed by atoms with Crippen molar-refractivity contribution in [2.75, 3.05) is 4.90 Å². The summed E-state index contributed by atoms with van der Waals surface area (Å²) in [6.07, 6.45) is 3.56. The lowest BCUT2D eigenvalue weighted by Gasteiger charge is -2.41. The third-order valence-electron chi connectivity index (χ3n) is 7.40. The highest BCUT2D eigenvalue weighted by Crippen LogP contribution is 2.58. The second kappa shape index (κ2) is 8.17. The van der Waals surface area contributed by atoms with Gasteiger partial charge in [-0.1, -0.05) is 84.9 Å². The van der Waals surface area contributed by atoms with Gasteiger partial charge in [0.15, 0.2) is 17.0 Å². The van der Waals surface area contributed by atoms with Crippen LogP contribution >= 0.6 is 7.14 Å².